The molecule has 2 aliphatic carbocycles. The third kappa shape index (κ3) is 15.6. The predicted molar refractivity (Wildman–Crippen MR) is 315 cm³/mol. The highest BCUT2D eigenvalue weighted by Crippen LogP contribution is 2.51. The number of alkyl carbamates (subject to hydrolysis) is 1. The van der Waals surface area contributed by atoms with Crippen molar-refractivity contribution in [1.29, 1.82) is 0 Å². The molecule has 0 aromatic heterocycles. The van der Waals surface area contributed by atoms with Gasteiger partial charge in [0.15, 0.2) is 41.8 Å². The summed E-state index contributed by atoms with van der Waals surface area (Å²) in [5, 5.41) is 62.6. The van der Waals surface area contributed by atoms with Crippen LogP contribution in [0.25, 0.3) is 0 Å². The number of halogens is 1. The minimum Gasteiger partial charge on any atom is -0.492 e. The van der Waals surface area contributed by atoms with E-state index < -0.39 is 127 Å². The van der Waals surface area contributed by atoms with Gasteiger partial charge in [0.25, 0.3) is 0 Å². The topological polar surface area (TPSA) is 308 Å². The van der Waals surface area contributed by atoms with Crippen LogP contribution in [-0.4, -0.2) is 218 Å². The molecule has 1 amide bonds. The number of ether oxygens (including phenoxy) is 12. The molecule has 7 rings (SSSR count). The van der Waals surface area contributed by atoms with E-state index in [0.29, 0.717) is 17.9 Å². The molecule has 6 aliphatic rings. The third-order valence-corrected chi connectivity index (χ3v) is 20.8. The summed E-state index contributed by atoms with van der Waals surface area (Å²) < 4.78 is 72.2. The second-order valence-electron chi connectivity index (χ2n) is 20.1. The van der Waals surface area contributed by atoms with Crippen LogP contribution in [0, 0.1) is 30.6 Å². The Morgan fingerprint density at radius 1 is 0.881 bits per heavy atom. The van der Waals surface area contributed by atoms with Crippen LogP contribution in [0.5, 0.6) is 17.2 Å². The molecule has 4 aliphatic heterocycles. The van der Waals surface area contributed by atoms with Crippen LogP contribution in [0.1, 0.15) is 62.9 Å². The number of Topliss-reactive ketones (excluding diaryl/α,β-unsaturated/α-hetero) is 1. The Balaban J connectivity index is 1.12. The van der Waals surface area contributed by atoms with Crippen molar-refractivity contribution in [3.63, 3.8) is 0 Å². The first-order valence-corrected chi connectivity index (χ1v) is 32.6. The van der Waals surface area contributed by atoms with Crippen molar-refractivity contribution in [3.05, 3.63) is 50.7 Å². The van der Waals surface area contributed by atoms with Crippen LogP contribution in [0.4, 0.5) is 4.79 Å². The fourth-order valence-corrected chi connectivity index (χ4v) is 14.5. The monoisotopic (exact) mass is 1320 g/mol. The Labute approximate surface area is 512 Å². The van der Waals surface area contributed by atoms with Gasteiger partial charge in [-0.1, -0.05) is 70.0 Å². The van der Waals surface area contributed by atoms with Gasteiger partial charge < -0.3 is 87.7 Å². The first-order chi connectivity index (χ1) is 40.2. The number of aliphatic hydroxyl groups excluding tert-OH is 4. The standard InChI is InChI=1S/C55H74BrN3O21S4/c1-12-57-30-24-73-35(22-34(30)68-6)78-48-43(63)40(26(3)75-53(48)77-33-17-15-13-14-16-19-55(67)23-32(61)41(58-54(66)72-10)38(33)29(55)18-20-82-84-81-11)59-80-36-21-31(60)50(28(5)74-36)83-51(65)37-25(2)39(56)46(49(71-9)45(37)69-7)79-52-44(64)47(70-8)42(62)27(4)76-52/h13-14,18,26-28,30-31,33-36,40,42-44,47-48,50,52-53,57,59-60,62-64,67H,12,20-24H2,1-11H3,(H,58,66)/b14-13-,29-18-/t26?,27?,28?,30?,31?,33?,34?,35?,36?,40?,42?,43?,44?,47?,48?,50?,52?,53?,55-/m0/s1. The number of hydrogen-bond acceptors (Lipinski definition) is 27. The number of aliphatic hydroxyl groups is 5. The van der Waals surface area contributed by atoms with Gasteiger partial charge >= 0.3 is 6.09 Å². The molecular formula is C55H74BrN3O21S4. The molecule has 84 heavy (non-hydrogen) atoms. The highest BCUT2D eigenvalue weighted by molar-refractivity contribution is 9.10. The molecule has 24 nitrogen and oxygen atoms in total. The third-order valence-electron chi connectivity index (χ3n) is 14.8. The number of hydrogen-bond donors (Lipinski definition) is 8. The fraction of sp³-hybridized carbons (Fsp3) is 0.655. The second-order valence-corrected chi connectivity index (χ2v) is 26.4. The Kier molecular flexibility index (Phi) is 25.5. The van der Waals surface area contributed by atoms with E-state index >= 15 is 0 Å². The van der Waals surface area contributed by atoms with E-state index in [1.54, 1.807) is 40.9 Å². The summed E-state index contributed by atoms with van der Waals surface area (Å²) in [6.45, 7) is 9.35. The molecule has 0 saturated carbocycles. The van der Waals surface area contributed by atoms with Crippen LogP contribution >= 0.6 is 59.1 Å². The highest BCUT2D eigenvalue weighted by Gasteiger charge is 2.52. The van der Waals surface area contributed by atoms with Crippen molar-refractivity contribution in [2.45, 2.75) is 169 Å². The number of carbonyl (C=O) groups excluding carboxylic acids is 3. The summed E-state index contributed by atoms with van der Waals surface area (Å²) in [5.74, 6) is 11.2. The molecule has 466 valence electrons. The van der Waals surface area contributed by atoms with Gasteiger partial charge in [0.05, 0.1) is 97.9 Å². The maximum atomic E-state index is 14.4. The average molecular weight is 1320 g/mol. The lowest BCUT2D eigenvalue weighted by atomic mass is 9.75. The normalized spacial score (nSPS) is 35.9. The van der Waals surface area contributed by atoms with Gasteiger partial charge in [0.1, 0.15) is 36.6 Å². The summed E-state index contributed by atoms with van der Waals surface area (Å²) in [4.78, 5) is 47.5. The number of hydroxylamine groups is 1. The van der Waals surface area contributed by atoms with Gasteiger partial charge in [-0.05, 0) is 84.0 Å². The smallest absolute Gasteiger partial charge is 0.411 e. The molecule has 18 unspecified atom stereocenters. The molecule has 0 spiro atoms. The zero-order valence-electron chi connectivity index (χ0n) is 48.1. The first-order valence-electron chi connectivity index (χ1n) is 26.9. The Bertz CT molecular complexity index is 2710. The first kappa shape index (κ1) is 68.3. The van der Waals surface area contributed by atoms with Crippen molar-refractivity contribution < 1.29 is 102 Å². The Morgan fingerprint density at radius 2 is 1.61 bits per heavy atom. The van der Waals surface area contributed by atoms with Gasteiger partial charge in [-0.2, -0.15) is 5.48 Å². The number of ketones is 1. The van der Waals surface area contributed by atoms with E-state index in [1.165, 1.54) is 64.9 Å². The molecule has 4 saturated heterocycles. The second kappa shape index (κ2) is 31.3. The lowest BCUT2D eigenvalue weighted by molar-refractivity contribution is -0.336. The quantitative estimate of drug-likeness (QED) is 0.0357. The van der Waals surface area contributed by atoms with Crippen LogP contribution in [0.3, 0.4) is 0 Å². The van der Waals surface area contributed by atoms with Crippen molar-refractivity contribution in [2.24, 2.45) is 0 Å². The van der Waals surface area contributed by atoms with Crippen molar-refractivity contribution in [1.82, 2.24) is 16.1 Å². The summed E-state index contributed by atoms with van der Waals surface area (Å²) >= 11 is 4.36. The molecule has 4 heterocycles. The number of fused-ring (bicyclic) bond motifs is 2. The molecular weight excluding hydrogens is 1250 g/mol. The molecule has 0 radical (unpaired) electrons. The molecule has 29 heteroatoms. The average Bonchev–Trinajstić information content (AvgIpc) is 1.36. The maximum absolute atomic E-state index is 14.4. The van der Waals surface area contributed by atoms with Gasteiger partial charge in [-0.25, -0.2) is 4.79 Å². The van der Waals surface area contributed by atoms with Gasteiger partial charge in [0.2, 0.25) is 17.2 Å². The van der Waals surface area contributed by atoms with Gasteiger partial charge in [-0.3, -0.25) is 19.7 Å². The van der Waals surface area contributed by atoms with E-state index in [4.69, 9.17) is 61.7 Å². The molecule has 1 aromatic carbocycles. The highest BCUT2D eigenvalue weighted by atomic mass is 79.9. The summed E-state index contributed by atoms with van der Waals surface area (Å²) in [7, 11) is 11.2. The number of likely N-dealkylation sites (N-methyl/N-ethyl adjacent to an activating group) is 1. The van der Waals surface area contributed by atoms with Crippen molar-refractivity contribution >= 4 is 76.1 Å². The predicted octanol–water partition coefficient (Wildman–Crippen LogP) is 3.35. The van der Waals surface area contributed by atoms with Gasteiger partial charge in [0, 0.05) is 44.0 Å². The van der Waals surface area contributed by atoms with Crippen LogP contribution < -0.4 is 30.3 Å². The Morgan fingerprint density at radius 3 is 2.27 bits per heavy atom. The van der Waals surface area contributed by atoms with Gasteiger partial charge in [-0.15, -0.1) is 0 Å². The lowest BCUT2D eigenvalue weighted by Gasteiger charge is -2.46. The number of nitrogens with one attached hydrogen (secondary N) is 3. The lowest BCUT2D eigenvalue weighted by Crippen LogP contribution is -2.65. The number of rotatable bonds is 22. The number of carbonyl (C=O) groups is 3. The molecule has 1 aromatic rings. The maximum Gasteiger partial charge on any atom is 0.411 e. The van der Waals surface area contributed by atoms with E-state index in [0.717, 1.165) is 18.9 Å². The summed E-state index contributed by atoms with van der Waals surface area (Å²) in [5.41, 5.74) is 1.18. The van der Waals surface area contributed by atoms with E-state index in [1.807, 2.05) is 13.2 Å². The number of thioether (sulfide) groups is 1. The fourth-order valence-electron chi connectivity index (χ4n) is 10.5. The molecule has 2 bridgehead atoms. The minimum absolute atomic E-state index is 0.00142. The zero-order chi connectivity index (χ0) is 61.2. The molecule has 8 N–H and O–H groups in total. The number of methoxy groups -OCH3 is 5. The van der Waals surface area contributed by atoms with E-state index in [9.17, 15) is 39.9 Å². The van der Waals surface area contributed by atoms with Crippen LogP contribution in [0.15, 0.2) is 39.5 Å². The molecule has 19 atom stereocenters. The molecule has 4 fully saturated rings. The largest absolute Gasteiger partial charge is 0.492 e. The van der Waals surface area contributed by atoms with Crippen molar-refractivity contribution in [2.75, 3.05) is 60.7 Å². The SMILES string of the molecule is CCNC1COC(OC2C(OC3C#C/C=C\C#C[C@]4(O)CC(=O)C(NC(=O)OC)=C3/C4=C/CSSSC)OC(C)C(NOC3CC(O)C(SC(=O)c4c(C)c(Br)c(OC5OC(C)C(O)C(OC)C5O)c(OC)c4OC)C(C)O3)C2O)CC1OC. The summed E-state index contributed by atoms with van der Waals surface area (Å²) in [6, 6.07) is -1.27. The number of benzene rings is 1. The van der Waals surface area contributed by atoms with Crippen LogP contribution in [0.2, 0.25) is 0 Å². The number of allylic oxidation sites excluding steroid dienone is 3. The Hall–Kier alpha value is -3.19. The van der Waals surface area contributed by atoms with Crippen molar-refractivity contribution in [3.8, 4) is 40.9 Å². The van der Waals surface area contributed by atoms with E-state index in [2.05, 4.69) is 55.7 Å². The minimum atomic E-state index is -2.06. The summed E-state index contributed by atoms with van der Waals surface area (Å²) in [6.07, 6.45) is -12.0. The van der Waals surface area contributed by atoms with Crippen LogP contribution in [-0.2, 0) is 52.3 Å². The van der Waals surface area contributed by atoms with E-state index in [-0.39, 0.29) is 75.7 Å². The zero-order valence-corrected chi connectivity index (χ0v) is 53.0. The number of amides is 1.